The van der Waals surface area contributed by atoms with Gasteiger partial charge in [0.2, 0.25) is 0 Å². The molecule has 0 saturated heterocycles. The average Bonchev–Trinajstić information content (AvgIpc) is 1.83. The van der Waals surface area contributed by atoms with Crippen molar-refractivity contribution in [3.05, 3.63) is 0 Å². The number of ether oxygens (including phenoxy) is 1. The van der Waals surface area contributed by atoms with E-state index in [1.165, 1.54) is 0 Å². The average molecular weight is 133 g/mol. The molecule has 0 radical (unpaired) electrons. The molecule has 0 fully saturated rings. The van der Waals surface area contributed by atoms with E-state index >= 15 is 0 Å². The Morgan fingerprint density at radius 3 is 2.78 bits per heavy atom. The van der Waals surface area contributed by atoms with Gasteiger partial charge in [-0.1, -0.05) is 0 Å². The molecule has 0 aliphatic heterocycles. The van der Waals surface area contributed by atoms with E-state index in [0.717, 1.165) is 0 Å². The van der Waals surface area contributed by atoms with E-state index in [9.17, 15) is 4.79 Å². The van der Waals surface area contributed by atoms with Gasteiger partial charge in [-0.15, -0.1) is 0 Å². The third-order valence-electron chi connectivity index (χ3n) is 0.823. The van der Waals surface area contributed by atoms with E-state index in [2.05, 4.69) is 0 Å². The summed E-state index contributed by atoms with van der Waals surface area (Å²) < 4.78 is 4.73. The first-order valence-corrected chi connectivity index (χ1v) is 2.70. The molecule has 0 spiro atoms. The first-order chi connectivity index (χ1) is 4.16. The number of rotatable bonds is 4. The van der Waals surface area contributed by atoms with Crippen LogP contribution in [0.15, 0.2) is 0 Å². The summed E-state index contributed by atoms with van der Waals surface area (Å²) in [5, 5.41) is 8.09. The van der Waals surface area contributed by atoms with Crippen molar-refractivity contribution in [3.8, 4) is 0 Å². The standard InChI is InChI=1S/C5H11NO3/c1-4(2-6)9-3-5(7)8/h4H,2-3,6H2,1H3,(H,7,8)/t4-/m1/s1. The third-order valence-corrected chi connectivity index (χ3v) is 0.823. The van der Waals surface area contributed by atoms with Gasteiger partial charge in [-0.3, -0.25) is 0 Å². The number of carboxylic acids is 1. The second kappa shape index (κ2) is 4.29. The molecule has 54 valence electrons. The zero-order valence-electron chi connectivity index (χ0n) is 5.33. The lowest BCUT2D eigenvalue weighted by atomic mass is 10.4. The van der Waals surface area contributed by atoms with Crippen LogP contribution in [0, 0.1) is 0 Å². The highest BCUT2D eigenvalue weighted by atomic mass is 16.5. The number of carbonyl (C=O) groups is 1. The summed E-state index contributed by atoms with van der Waals surface area (Å²) in [7, 11) is 0. The molecule has 0 aromatic carbocycles. The second-order valence-electron chi connectivity index (χ2n) is 1.75. The molecule has 0 aliphatic carbocycles. The summed E-state index contributed by atoms with van der Waals surface area (Å²) in [5.41, 5.74) is 5.14. The van der Waals surface area contributed by atoms with Gasteiger partial charge < -0.3 is 15.6 Å². The van der Waals surface area contributed by atoms with Gasteiger partial charge >= 0.3 is 5.97 Å². The van der Waals surface area contributed by atoms with Crippen LogP contribution in [0.1, 0.15) is 6.92 Å². The van der Waals surface area contributed by atoms with Crippen LogP contribution in [0.25, 0.3) is 0 Å². The summed E-state index contributed by atoms with van der Waals surface area (Å²) in [6.45, 7) is 1.81. The Hall–Kier alpha value is -0.610. The van der Waals surface area contributed by atoms with Gasteiger partial charge in [0.15, 0.2) is 0 Å². The molecule has 0 aliphatic rings. The highest BCUT2D eigenvalue weighted by Crippen LogP contribution is 1.84. The Kier molecular flexibility index (Phi) is 4.00. The van der Waals surface area contributed by atoms with Crippen molar-refractivity contribution in [2.45, 2.75) is 13.0 Å². The van der Waals surface area contributed by atoms with Crippen molar-refractivity contribution in [2.75, 3.05) is 13.2 Å². The molecule has 0 amide bonds. The van der Waals surface area contributed by atoms with Crippen molar-refractivity contribution < 1.29 is 14.6 Å². The summed E-state index contributed by atoms with van der Waals surface area (Å²) in [6.07, 6.45) is -0.166. The van der Waals surface area contributed by atoms with Crippen LogP contribution in [0.3, 0.4) is 0 Å². The molecule has 0 aromatic rings. The summed E-state index contributed by atoms with van der Waals surface area (Å²) >= 11 is 0. The molecule has 1 atom stereocenters. The highest BCUT2D eigenvalue weighted by molar-refractivity contribution is 5.68. The van der Waals surface area contributed by atoms with Gasteiger partial charge in [0.05, 0.1) is 6.10 Å². The van der Waals surface area contributed by atoms with Crippen LogP contribution < -0.4 is 5.73 Å². The topological polar surface area (TPSA) is 72.5 Å². The minimum Gasteiger partial charge on any atom is -0.480 e. The Bertz CT molecular complexity index is 94.2. The molecular weight excluding hydrogens is 122 g/mol. The van der Waals surface area contributed by atoms with Crippen molar-refractivity contribution in [1.82, 2.24) is 0 Å². The molecule has 3 N–H and O–H groups in total. The maximum Gasteiger partial charge on any atom is 0.329 e. The summed E-state index contributed by atoms with van der Waals surface area (Å²) in [4.78, 5) is 9.85. The van der Waals surface area contributed by atoms with E-state index in [4.69, 9.17) is 15.6 Å². The van der Waals surface area contributed by atoms with Gasteiger partial charge in [-0.2, -0.15) is 0 Å². The zero-order valence-corrected chi connectivity index (χ0v) is 5.33. The van der Waals surface area contributed by atoms with Gasteiger partial charge in [0.25, 0.3) is 0 Å². The summed E-state index contributed by atoms with van der Waals surface area (Å²) in [5.74, 6) is -0.963. The Labute approximate surface area is 53.6 Å². The Balaban J connectivity index is 3.16. The largest absolute Gasteiger partial charge is 0.480 e. The quantitative estimate of drug-likeness (QED) is 0.539. The van der Waals surface area contributed by atoms with Crippen LogP contribution >= 0.6 is 0 Å². The van der Waals surface area contributed by atoms with Gasteiger partial charge in [0, 0.05) is 6.54 Å². The number of hydrogen-bond acceptors (Lipinski definition) is 3. The van der Waals surface area contributed by atoms with E-state index in [1.54, 1.807) is 6.92 Å². The van der Waals surface area contributed by atoms with E-state index in [0.29, 0.717) is 6.54 Å². The molecular formula is C5H11NO3. The molecule has 0 unspecified atom stereocenters. The Morgan fingerprint density at radius 1 is 1.89 bits per heavy atom. The molecule has 4 nitrogen and oxygen atoms in total. The van der Waals surface area contributed by atoms with Crippen molar-refractivity contribution in [1.29, 1.82) is 0 Å². The SMILES string of the molecule is C[C@H](CN)OCC(=O)O. The molecule has 0 heterocycles. The fraction of sp³-hybridized carbons (Fsp3) is 0.800. The van der Waals surface area contributed by atoms with E-state index in [1.807, 2.05) is 0 Å². The van der Waals surface area contributed by atoms with E-state index < -0.39 is 5.97 Å². The maximum atomic E-state index is 9.85. The zero-order chi connectivity index (χ0) is 7.28. The van der Waals surface area contributed by atoms with E-state index in [-0.39, 0.29) is 12.7 Å². The highest BCUT2D eigenvalue weighted by Gasteiger charge is 2.00. The molecule has 9 heavy (non-hydrogen) atoms. The molecule has 0 saturated carbocycles. The van der Waals surface area contributed by atoms with Gasteiger partial charge in [0.1, 0.15) is 6.61 Å². The van der Waals surface area contributed by atoms with Crippen LogP contribution in [0.4, 0.5) is 0 Å². The smallest absolute Gasteiger partial charge is 0.329 e. The first kappa shape index (κ1) is 8.39. The third kappa shape index (κ3) is 5.26. The summed E-state index contributed by atoms with van der Waals surface area (Å²) in [6, 6.07) is 0. The lowest BCUT2D eigenvalue weighted by molar-refractivity contribution is -0.143. The second-order valence-corrected chi connectivity index (χ2v) is 1.75. The van der Waals surface area contributed by atoms with Crippen LogP contribution in [0.5, 0.6) is 0 Å². The van der Waals surface area contributed by atoms with Crippen LogP contribution in [0.2, 0.25) is 0 Å². The van der Waals surface area contributed by atoms with Crippen molar-refractivity contribution in [3.63, 3.8) is 0 Å². The number of aliphatic carboxylic acids is 1. The number of hydrogen-bond donors (Lipinski definition) is 2. The first-order valence-electron chi connectivity index (χ1n) is 2.70. The normalized spacial score (nSPS) is 13.1. The molecule has 0 aromatic heterocycles. The fourth-order valence-corrected chi connectivity index (χ4v) is 0.282. The fourth-order valence-electron chi connectivity index (χ4n) is 0.282. The van der Waals surface area contributed by atoms with Gasteiger partial charge in [-0.05, 0) is 6.92 Å². The van der Waals surface area contributed by atoms with Crippen molar-refractivity contribution >= 4 is 5.97 Å². The minimum absolute atomic E-state index is 0.166. The predicted octanol–water partition coefficient (Wildman–Crippen LogP) is -0.565. The Morgan fingerprint density at radius 2 is 2.44 bits per heavy atom. The van der Waals surface area contributed by atoms with Gasteiger partial charge in [-0.25, -0.2) is 4.79 Å². The monoisotopic (exact) mass is 133 g/mol. The molecule has 0 bridgehead atoms. The van der Waals surface area contributed by atoms with Crippen molar-refractivity contribution in [2.24, 2.45) is 5.73 Å². The van der Waals surface area contributed by atoms with Crippen LogP contribution in [-0.2, 0) is 9.53 Å². The predicted molar refractivity (Wildman–Crippen MR) is 32.1 cm³/mol. The minimum atomic E-state index is -0.963. The number of carboxylic acid groups (broad SMARTS) is 1. The molecule has 4 heteroatoms. The van der Waals surface area contributed by atoms with Crippen LogP contribution in [-0.4, -0.2) is 30.3 Å². The molecule has 0 rings (SSSR count). The lowest BCUT2D eigenvalue weighted by Crippen LogP contribution is -2.23. The number of nitrogens with two attached hydrogens (primary N) is 1. The lowest BCUT2D eigenvalue weighted by Gasteiger charge is -2.06. The maximum absolute atomic E-state index is 9.85.